The summed E-state index contributed by atoms with van der Waals surface area (Å²) >= 11 is 0. The number of alkyl halides is 3. The largest absolute Gasteiger partial charge is 0.405 e. The van der Waals surface area contributed by atoms with Gasteiger partial charge in [-0.25, -0.2) is 9.97 Å². The maximum absolute atomic E-state index is 12.8. The molecule has 4 nitrogen and oxygen atoms in total. The second kappa shape index (κ2) is 6.07. The van der Waals surface area contributed by atoms with Crippen molar-refractivity contribution in [2.75, 3.05) is 23.3 Å². The highest BCUT2D eigenvalue weighted by Gasteiger charge is 2.39. The van der Waals surface area contributed by atoms with E-state index in [1.54, 1.807) is 13.8 Å². The van der Waals surface area contributed by atoms with E-state index in [0.29, 0.717) is 23.0 Å². The van der Waals surface area contributed by atoms with Crippen LogP contribution >= 0.6 is 0 Å². The topological polar surface area (TPSA) is 41.1 Å². The van der Waals surface area contributed by atoms with Gasteiger partial charge < -0.3 is 10.2 Å². The van der Waals surface area contributed by atoms with Gasteiger partial charge in [0.1, 0.15) is 24.0 Å². The van der Waals surface area contributed by atoms with E-state index in [0.717, 1.165) is 25.8 Å². The van der Waals surface area contributed by atoms with Crippen LogP contribution in [-0.4, -0.2) is 35.3 Å². The first-order chi connectivity index (χ1) is 9.81. The Morgan fingerprint density at radius 2 is 1.90 bits per heavy atom. The Hall–Kier alpha value is -1.53. The summed E-state index contributed by atoms with van der Waals surface area (Å²) in [7, 11) is 0. The number of nitrogens with zero attached hydrogens (tertiary/aromatic N) is 3. The van der Waals surface area contributed by atoms with Crippen LogP contribution in [-0.2, 0) is 0 Å². The average molecular weight is 302 g/mol. The van der Waals surface area contributed by atoms with E-state index < -0.39 is 12.7 Å². The fourth-order valence-electron chi connectivity index (χ4n) is 2.27. The van der Waals surface area contributed by atoms with Gasteiger partial charge in [0.25, 0.3) is 0 Å². The summed E-state index contributed by atoms with van der Waals surface area (Å²) in [6, 6.07) is -0.0568. The third-order valence-corrected chi connectivity index (χ3v) is 3.38. The molecule has 1 saturated carbocycles. The molecular formula is C14H21F3N4. The summed E-state index contributed by atoms with van der Waals surface area (Å²) in [5, 5.41) is 3.16. The Bertz CT molecular complexity index is 498. The quantitative estimate of drug-likeness (QED) is 0.874. The molecule has 1 aromatic rings. The van der Waals surface area contributed by atoms with Gasteiger partial charge in [-0.1, -0.05) is 6.92 Å². The van der Waals surface area contributed by atoms with Gasteiger partial charge in [-0.3, -0.25) is 0 Å². The van der Waals surface area contributed by atoms with Crippen LogP contribution in [0.2, 0.25) is 0 Å². The first kappa shape index (κ1) is 15.9. The number of hydrogen-bond acceptors (Lipinski definition) is 4. The lowest BCUT2D eigenvalue weighted by Gasteiger charge is -2.27. The van der Waals surface area contributed by atoms with Crippen molar-refractivity contribution in [1.29, 1.82) is 0 Å². The summed E-state index contributed by atoms with van der Waals surface area (Å²) < 4.78 is 38.4. The third kappa shape index (κ3) is 4.22. The van der Waals surface area contributed by atoms with Crippen molar-refractivity contribution in [3.8, 4) is 0 Å². The van der Waals surface area contributed by atoms with Gasteiger partial charge in [-0.2, -0.15) is 13.2 Å². The van der Waals surface area contributed by atoms with Crippen LogP contribution in [0, 0.1) is 13.8 Å². The second-order valence-corrected chi connectivity index (χ2v) is 5.47. The van der Waals surface area contributed by atoms with Crippen LogP contribution in [0.25, 0.3) is 0 Å². The van der Waals surface area contributed by atoms with Crippen molar-refractivity contribution in [2.24, 2.45) is 0 Å². The van der Waals surface area contributed by atoms with Gasteiger partial charge in [-0.05, 0) is 33.1 Å². The Morgan fingerprint density at radius 1 is 1.24 bits per heavy atom. The van der Waals surface area contributed by atoms with Crippen molar-refractivity contribution in [2.45, 2.75) is 52.3 Å². The zero-order valence-corrected chi connectivity index (χ0v) is 12.6. The molecule has 0 aliphatic heterocycles. The number of nitrogens with one attached hydrogen (secondary N) is 1. The molecule has 0 atom stereocenters. The normalized spacial score (nSPS) is 15.1. The van der Waals surface area contributed by atoms with Gasteiger partial charge in [0.2, 0.25) is 0 Å². The first-order valence-corrected chi connectivity index (χ1v) is 7.24. The lowest BCUT2D eigenvalue weighted by Crippen LogP contribution is -2.37. The molecular weight excluding hydrogens is 281 g/mol. The van der Waals surface area contributed by atoms with E-state index in [4.69, 9.17) is 0 Å². The molecule has 0 amide bonds. The predicted molar refractivity (Wildman–Crippen MR) is 76.7 cm³/mol. The van der Waals surface area contributed by atoms with Crippen LogP contribution in [0.15, 0.2) is 0 Å². The molecule has 0 saturated heterocycles. The molecule has 1 aliphatic carbocycles. The minimum atomic E-state index is -4.23. The Kier molecular flexibility index (Phi) is 4.58. The molecule has 118 valence electrons. The smallest absolute Gasteiger partial charge is 0.370 e. The summed E-state index contributed by atoms with van der Waals surface area (Å²) in [6.07, 6.45) is -1.73. The predicted octanol–water partition coefficient (Wildman–Crippen LogP) is 3.45. The Balaban J connectivity index is 2.33. The number of aryl methyl sites for hydroxylation is 1. The van der Waals surface area contributed by atoms with E-state index >= 15 is 0 Å². The Labute approximate surface area is 122 Å². The molecule has 0 bridgehead atoms. The molecule has 0 spiro atoms. The summed E-state index contributed by atoms with van der Waals surface area (Å²) in [6.45, 7) is 5.29. The molecule has 1 aromatic heterocycles. The standard InChI is InChI=1S/C14H21F3N4/c1-4-7-18-12-9(2)13(20-10(3)19-12)21(11-5-6-11)8-14(15,16)17/h11H,4-8H2,1-3H3,(H,18,19,20). The van der Waals surface area contributed by atoms with Gasteiger partial charge in [0.15, 0.2) is 0 Å². The highest BCUT2D eigenvalue weighted by Crippen LogP contribution is 2.36. The maximum atomic E-state index is 12.8. The van der Waals surface area contributed by atoms with Crippen LogP contribution in [0.5, 0.6) is 0 Å². The highest BCUT2D eigenvalue weighted by atomic mass is 19.4. The van der Waals surface area contributed by atoms with E-state index in [1.807, 2.05) is 6.92 Å². The number of hydrogen-bond donors (Lipinski definition) is 1. The Morgan fingerprint density at radius 3 is 2.43 bits per heavy atom. The molecule has 1 heterocycles. The monoisotopic (exact) mass is 302 g/mol. The number of rotatable bonds is 6. The minimum Gasteiger partial charge on any atom is -0.370 e. The van der Waals surface area contributed by atoms with Crippen molar-refractivity contribution >= 4 is 11.6 Å². The lowest BCUT2D eigenvalue weighted by molar-refractivity contribution is -0.120. The molecule has 1 fully saturated rings. The third-order valence-electron chi connectivity index (χ3n) is 3.38. The molecule has 7 heteroatoms. The highest BCUT2D eigenvalue weighted by molar-refractivity contribution is 5.59. The molecule has 0 unspecified atom stereocenters. The zero-order chi connectivity index (χ0) is 15.6. The average Bonchev–Trinajstić information content (AvgIpc) is 3.20. The van der Waals surface area contributed by atoms with E-state index in [1.165, 1.54) is 4.90 Å². The molecule has 0 aromatic carbocycles. The maximum Gasteiger partial charge on any atom is 0.405 e. The van der Waals surface area contributed by atoms with Crippen LogP contribution in [0.4, 0.5) is 24.8 Å². The van der Waals surface area contributed by atoms with Crippen molar-refractivity contribution in [1.82, 2.24) is 9.97 Å². The molecule has 1 N–H and O–H groups in total. The van der Waals surface area contributed by atoms with Crippen molar-refractivity contribution in [3.05, 3.63) is 11.4 Å². The minimum absolute atomic E-state index is 0.0568. The number of aromatic nitrogens is 2. The molecule has 21 heavy (non-hydrogen) atoms. The van der Waals surface area contributed by atoms with Crippen molar-refractivity contribution in [3.63, 3.8) is 0 Å². The van der Waals surface area contributed by atoms with Crippen molar-refractivity contribution < 1.29 is 13.2 Å². The van der Waals surface area contributed by atoms with Crippen LogP contribution < -0.4 is 10.2 Å². The van der Waals surface area contributed by atoms with Gasteiger partial charge in [0, 0.05) is 18.2 Å². The van der Waals surface area contributed by atoms with Gasteiger partial charge in [-0.15, -0.1) is 0 Å². The molecule has 0 radical (unpaired) electrons. The summed E-state index contributed by atoms with van der Waals surface area (Å²) in [4.78, 5) is 9.94. The van der Waals surface area contributed by atoms with Crippen LogP contribution in [0.1, 0.15) is 37.6 Å². The van der Waals surface area contributed by atoms with Gasteiger partial charge >= 0.3 is 6.18 Å². The first-order valence-electron chi connectivity index (χ1n) is 7.24. The summed E-state index contributed by atoms with van der Waals surface area (Å²) in [5.41, 5.74) is 0.685. The summed E-state index contributed by atoms with van der Waals surface area (Å²) in [5.74, 6) is 1.52. The fraction of sp³-hybridized carbons (Fsp3) is 0.714. The van der Waals surface area contributed by atoms with E-state index in [2.05, 4.69) is 15.3 Å². The second-order valence-electron chi connectivity index (χ2n) is 5.47. The fourth-order valence-corrected chi connectivity index (χ4v) is 2.27. The number of halogens is 3. The zero-order valence-electron chi connectivity index (χ0n) is 12.6. The SMILES string of the molecule is CCCNc1nc(C)nc(N(CC(F)(F)F)C2CC2)c1C. The van der Waals surface area contributed by atoms with E-state index in [-0.39, 0.29) is 6.04 Å². The molecule has 2 rings (SSSR count). The van der Waals surface area contributed by atoms with E-state index in [9.17, 15) is 13.2 Å². The van der Waals surface area contributed by atoms with Crippen LogP contribution in [0.3, 0.4) is 0 Å². The molecule has 1 aliphatic rings. The number of anilines is 2. The lowest BCUT2D eigenvalue weighted by atomic mass is 10.2. The van der Waals surface area contributed by atoms with Gasteiger partial charge in [0.05, 0.1) is 0 Å².